The third kappa shape index (κ3) is 4.67. The summed E-state index contributed by atoms with van der Waals surface area (Å²) in [6.45, 7) is 0. The Hall–Kier alpha value is -3.27. The van der Waals surface area contributed by atoms with Gasteiger partial charge in [-0.05, 0) is 42.5 Å². The van der Waals surface area contributed by atoms with Crippen LogP contribution in [0.1, 0.15) is 6.42 Å². The Morgan fingerprint density at radius 3 is 2.34 bits per heavy atom. The fourth-order valence-electron chi connectivity index (χ4n) is 3.89. The number of nitrogens with zero attached hydrogens (tertiary/aromatic N) is 2. The lowest BCUT2D eigenvalue weighted by Crippen LogP contribution is -2.55. The van der Waals surface area contributed by atoms with E-state index in [2.05, 4.69) is 5.32 Å². The minimum Gasteiger partial charge on any atom is -0.495 e. The van der Waals surface area contributed by atoms with Gasteiger partial charge in [-0.1, -0.05) is 47.5 Å². The van der Waals surface area contributed by atoms with Crippen molar-refractivity contribution < 1.29 is 22.7 Å². The van der Waals surface area contributed by atoms with Gasteiger partial charge in [0.1, 0.15) is 11.8 Å². The summed E-state index contributed by atoms with van der Waals surface area (Å²) in [5.74, 6) is -0.684. The highest BCUT2D eigenvalue weighted by Gasteiger charge is 2.44. The first-order valence-corrected chi connectivity index (χ1v) is 12.6. The normalized spacial score (nSPS) is 15.5. The Bertz CT molecular complexity index is 1410. The molecule has 1 aliphatic rings. The zero-order valence-electron chi connectivity index (χ0n) is 18.7. The molecule has 0 spiro atoms. The number of anilines is 3. The predicted molar refractivity (Wildman–Crippen MR) is 136 cm³/mol. The van der Waals surface area contributed by atoms with Crippen molar-refractivity contribution in [1.29, 1.82) is 0 Å². The predicted octanol–water partition coefficient (Wildman–Crippen LogP) is 4.57. The number of methoxy groups -OCH3 is 1. The van der Waals surface area contributed by atoms with Gasteiger partial charge < -0.3 is 15.0 Å². The molecule has 0 saturated carbocycles. The number of ether oxygens (including phenoxy) is 1. The van der Waals surface area contributed by atoms with Gasteiger partial charge in [-0.3, -0.25) is 13.9 Å². The summed E-state index contributed by atoms with van der Waals surface area (Å²) in [7, 11) is -1.31. The number of carbonyl (C=O) groups excluding carboxylic acids is 2. The fourth-order valence-corrected chi connectivity index (χ4v) is 5.90. The summed E-state index contributed by atoms with van der Waals surface area (Å²) in [5, 5.41) is 2.94. The Morgan fingerprint density at radius 1 is 1.00 bits per heavy atom. The Morgan fingerprint density at radius 2 is 1.66 bits per heavy atom. The minimum absolute atomic E-state index is 0.0481. The number of para-hydroxylation sites is 4. The second-order valence-corrected chi connectivity index (χ2v) is 10.4. The highest BCUT2D eigenvalue weighted by atomic mass is 35.5. The first-order valence-electron chi connectivity index (χ1n) is 10.4. The number of nitrogens with one attached hydrogen (secondary N) is 1. The number of amides is 2. The van der Waals surface area contributed by atoms with Crippen molar-refractivity contribution in [3.05, 3.63) is 76.8 Å². The van der Waals surface area contributed by atoms with E-state index in [9.17, 15) is 18.0 Å². The van der Waals surface area contributed by atoms with Gasteiger partial charge in [0.15, 0.2) is 0 Å². The zero-order valence-corrected chi connectivity index (χ0v) is 21.1. The average Bonchev–Trinajstić information content (AvgIpc) is 2.84. The first kappa shape index (κ1) is 24.8. The number of likely N-dealkylation sites (N-methyl/N-ethyl adjacent to an activating group) is 1. The molecule has 2 amide bonds. The average molecular weight is 534 g/mol. The second kappa shape index (κ2) is 9.77. The lowest BCUT2D eigenvalue weighted by molar-refractivity contribution is -0.123. The number of halogens is 2. The van der Waals surface area contributed by atoms with Crippen molar-refractivity contribution in [2.24, 2.45) is 0 Å². The Labute approximate surface area is 213 Å². The molecule has 0 aliphatic carbocycles. The molecule has 3 aromatic rings. The molecule has 11 heteroatoms. The molecule has 4 rings (SSSR count). The minimum atomic E-state index is -4.31. The van der Waals surface area contributed by atoms with Crippen molar-refractivity contribution in [3.63, 3.8) is 0 Å². The van der Waals surface area contributed by atoms with Crippen LogP contribution < -0.4 is 19.3 Å². The van der Waals surface area contributed by atoms with Crippen LogP contribution in [0.2, 0.25) is 10.0 Å². The van der Waals surface area contributed by atoms with E-state index < -0.39 is 34.3 Å². The molecule has 3 aromatic carbocycles. The van der Waals surface area contributed by atoms with Crippen LogP contribution in [0, 0.1) is 0 Å². The molecule has 0 unspecified atom stereocenters. The summed E-state index contributed by atoms with van der Waals surface area (Å²) in [6, 6.07) is 15.9. The lowest BCUT2D eigenvalue weighted by Gasteiger charge is -2.40. The van der Waals surface area contributed by atoms with Gasteiger partial charge in [0.2, 0.25) is 5.91 Å². The van der Waals surface area contributed by atoms with Crippen LogP contribution in [0.3, 0.4) is 0 Å². The van der Waals surface area contributed by atoms with Crippen LogP contribution >= 0.6 is 23.2 Å². The molecule has 0 saturated heterocycles. The second-order valence-electron chi connectivity index (χ2n) is 7.73. The third-order valence-corrected chi connectivity index (χ3v) is 8.14. The molecular formula is C24H21Cl2N3O5S. The van der Waals surface area contributed by atoms with E-state index in [1.165, 1.54) is 37.3 Å². The summed E-state index contributed by atoms with van der Waals surface area (Å²) < 4.78 is 33.9. The number of fused-ring (bicyclic) bond motifs is 1. The maximum Gasteiger partial charge on any atom is 0.265 e. The van der Waals surface area contributed by atoms with Crippen molar-refractivity contribution in [3.8, 4) is 5.75 Å². The number of sulfonamides is 1. The van der Waals surface area contributed by atoms with E-state index in [0.717, 1.165) is 4.31 Å². The topological polar surface area (TPSA) is 96.0 Å². The fraction of sp³-hybridized carbons (Fsp3) is 0.167. The molecule has 0 bridgehead atoms. The zero-order chi connectivity index (χ0) is 25.3. The van der Waals surface area contributed by atoms with E-state index in [4.69, 9.17) is 27.9 Å². The van der Waals surface area contributed by atoms with Gasteiger partial charge in [0, 0.05) is 7.05 Å². The van der Waals surface area contributed by atoms with Gasteiger partial charge in [0.25, 0.3) is 15.9 Å². The van der Waals surface area contributed by atoms with E-state index in [1.54, 1.807) is 48.5 Å². The van der Waals surface area contributed by atoms with E-state index in [1.807, 2.05) is 0 Å². The van der Waals surface area contributed by atoms with Crippen LogP contribution in [0.5, 0.6) is 5.75 Å². The van der Waals surface area contributed by atoms with Crippen molar-refractivity contribution in [2.75, 3.05) is 28.7 Å². The maximum atomic E-state index is 13.8. The molecule has 0 aromatic heterocycles. The quantitative estimate of drug-likeness (QED) is 0.500. The molecule has 1 N–H and O–H groups in total. The van der Waals surface area contributed by atoms with Crippen molar-refractivity contribution in [1.82, 2.24) is 0 Å². The smallest absolute Gasteiger partial charge is 0.265 e. The summed E-state index contributed by atoms with van der Waals surface area (Å²) in [5.41, 5.74) is 1.05. The number of hydrogen-bond acceptors (Lipinski definition) is 5. The number of benzene rings is 3. The molecule has 35 heavy (non-hydrogen) atoms. The number of rotatable bonds is 6. The standard InChI is InChI=1S/C24H21Cl2N3O5S/c1-28-19-8-4-5-9-20(19)29(35(32,33)15-11-12-16(25)17(26)13-15)21(24(28)31)14-23(30)27-18-7-3-6-10-22(18)34-2/h3-13,21H,14H2,1-2H3,(H,27,30)/t21-/m1/s1. The maximum absolute atomic E-state index is 13.8. The third-order valence-electron chi connectivity index (χ3n) is 5.59. The van der Waals surface area contributed by atoms with Gasteiger partial charge >= 0.3 is 0 Å². The Kier molecular flexibility index (Phi) is 6.93. The van der Waals surface area contributed by atoms with Crippen LogP contribution in [0.15, 0.2) is 71.6 Å². The molecule has 1 heterocycles. The van der Waals surface area contributed by atoms with Crippen LogP contribution in [-0.2, 0) is 19.6 Å². The largest absolute Gasteiger partial charge is 0.495 e. The van der Waals surface area contributed by atoms with Crippen molar-refractivity contribution >= 4 is 62.1 Å². The molecule has 1 atom stereocenters. The van der Waals surface area contributed by atoms with E-state index in [0.29, 0.717) is 17.1 Å². The molecule has 0 fully saturated rings. The highest BCUT2D eigenvalue weighted by molar-refractivity contribution is 7.93. The van der Waals surface area contributed by atoms with Crippen LogP contribution in [0.25, 0.3) is 0 Å². The van der Waals surface area contributed by atoms with Crippen molar-refractivity contribution in [2.45, 2.75) is 17.4 Å². The Balaban J connectivity index is 1.77. The van der Waals surface area contributed by atoms with Crippen LogP contribution in [-0.4, -0.2) is 40.4 Å². The SMILES string of the molecule is COc1ccccc1NC(=O)C[C@@H]1C(=O)N(C)c2ccccc2N1S(=O)(=O)c1ccc(Cl)c(Cl)c1. The summed E-state index contributed by atoms with van der Waals surface area (Å²) in [4.78, 5) is 27.6. The summed E-state index contributed by atoms with van der Waals surface area (Å²) in [6.07, 6.45) is -0.434. The van der Waals surface area contributed by atoms with Gasteiger partial charge in [-0.2, -0.15) is 0 Å². The van der Waals surface area contributed by atoms with Gasteiger partial charge in [0.05, 0.1) is 45.5 Å². The van der Waals surface area contributed by atoms with E-state index in [-0.39, 0.29) is 20.6 Å². The lowest BCUT2D eigenvalue weighted by atomic mass is 10.1. The number of carbonyl (C=O) groups is 2. The first-order chi connectivity index (χ1) is 16.6. The van der Waals surface area contributed by atoms with Gasteiger partial charge in [-0.25, -0.2) is 8.42 Å². The van der Waals surface area contributed by atoms with E-state index >= 15 is 0 Å². The summed E-state index contributed by atoms with van der Waals surface area (Å²) >= 11 is 12.1. The highest BCUT2D eigenvalue weighted by Crippen LogP contribution is 2.40. The number of hydrogen-bond donors (Lipinski definition) is 1. The van der Waals surface area contributed by atoms with Gasteiger partial charge in [-0.15, -0.1) is 0 Å². The monoisotopic (exact) mass is 533 g/mol. The molecule has 182 valence electrons. The molecular weight excluding hydrogens is 513 g/mol. The van der Waals surface area contributed by atoms with Crippen LogP contribution in [0.4, 0.5) is 17.1 Å². The molecule has 1 aliphatic heterocycles. The molecule has 0 radical (unpaired) electrons. The molecule has 8 nitrogen and oxygen atoms in total.